The molecule has 0 atom stereocenters. The van der Waals surface area contributed by atoms with Gasteiger partial charge in [-0.15, -0.1) is 5.10 Å². The molecule has 7 heteroatoms. The van der Waals surface area contributed by atoms with Crippen LogP contribution in [0.5, 0.6) is 0 Å². The Kier molecular flexibility index (Phi) is 4.41. The van der Waals surface area contributed by atoms with E-state index in [1.54, 1.807) is 24.0 Å². The third-order valence-corrected chi connectivity index (χ3v) is 2.76. The number of nitrogens with two attached hydrogens (primary N) is 1. The zero-order chi connectivity index (χ0) is 14.5. The smallest absolute Gasteiger partial charge is 0.360 e. The predicted octanol–water partition coefficient (Wildman–Crippen LogP) is 0.665. The van der Waals surface area contributed by atoms with E-state index in [0.29, 0.717) is 12.2 Å². The quantitative estimate of drug-likeness (QED) is 0.805. The molecule has 2 aromatic heterocycles. The van der Waals surface area contributed by atoms with Gasteiger partial charge < -0.3 is 10.5 Å². The van der Waals surface area contributed by atoms with E-state index < -0.39 is 5.97 Å². The summed E-state index contributed by atoms with van der Waals surface area (Å²) in [5.74, 6) is -0.499. The highest BCUT2D eigenvalue weighted by atomic mass is 16.5. The number of nitrogens with zero attached hydrogens (tertiary/aromatic N) is 4. The lowest BCUT2D eigenvalue weighted by molar-refractivity contribution is 0.0518. The highest BCUT2D eigenvalue weighted by Crippen LogP contribution is 2.10. The Morgan fingerprint density at radius 3 is 2.90 bits per heavy atom. The molecule has 0 spiro atoms. The molecule has 0 radical (unpaired) electrons. The SMILES string of the molecule is CCOC(=O)c1nnn(Cc2cncc(C)c2)c1CN. The van der Waals surface area contributed by atoms with Crippen LogP contribution in [0.15, 0.2) is 18.5 Å². The monoisotopic (exact) mass is 275 g/mol. The zero-order valence-corrected chi connectivity index (χ0v) is 11.5. The van der Waals surface area contributed by atoms with E-state index >= 15 is 0 Å². The largest absolute Gasteiger partial charge is 0.461 e. The van der Waals surface area contributed by atoms with Crippen LogP contribution in [-0.2, 0) is 17.8 Å². The van der Waals surface area contributed by atoms with Gasteiger partial charge in [-0.2, -0.15) is 0 Å². The molecular formula is C13H17N5O2. The molecule has 0 aliphatic rings. The van der Waals surface area contributed by atoms with Crippen LogP contribution in [0.2, 0.25) is 0 Å². The first-order chi connectivity index (χ1) is 9.65. The average Bonchev–Trinajstić information content (AvgIpc) is 2.82. The second kappa shape index (κ2) is 6.25. The molecule has 0 saturated carbocycles. The second-order valence-electron chi connectivity index (χ2n) is 4.34. The molecule has 0 unspecified atom stereocenters. The minimum Gasteiger partial charge on any atom is -0.461 e. The van der Waals surface area contributed by atoms with Gasteiger partial charge in [0, 0.05) is 18.9 Å². The molecule has 0 fully saturated rings. The maximum atomic E-state index is 11.7. The molecule has 2 rings (SSSR count). The van der Waals surface area contributed by atoms with Crippen molar-refractivity contribution in [2.24, 2.45) is 5.73 Å². The van der Waals surface area contributed by atoms with Crippen molar-refractivity contribution in [2.75, 3.05) is 6.61 Å². The van der Waals surface area contributed by atoms with Gasteiger partial charge in [0.25, 0.3) is 0 Å². The van der Waals surface area contributed by atoms with Gasteiger partial charge in [-0.1, -0.05) is 11.3 Å². The topological polar surface area (TPSA) is 95.9 Å². The lowest BCUT2D eigenvalue weighted by Crippen LogP contribution is -2.15. The number of aromatic nitrogens is 4. The summed E-state index contributed by atoms with van der Waals surface area (Å²) in [7, 11) is 0. The molecule has 7 nitrogen and oxygen atoms in total. The number of esters is 1. The van der Waals surface area contributed by atoms with Crippen molar-refractivity contribution in [3.05, 3.63) is 41.0 Å². The molecule has 0 aromatic carbocycles. The number of carbonyl (C=O) groups is 1. The fourth-order valence-corrected chi connectivity index (χ4v) is 1.90. The minimum atomic E-state index is -0.499. The first-order valence-corrected chi connectivity index (χ1v) is 6.35. The van der Waals surface area contributed by atoms with Crippen LogP contribution in [-0.4, -0.2) is 32.6 Å². The Labute approximate surface area is 116 Å². The number of pyridine rings is 1. The summed E-state index contributed by atoms with van der Waals surface area (Å²) in [6.45, 7) is 4.63. The van der Waals surface area contributed by atoms with Crippen LogP contribution in [0.25, 0.3) is 0 Å². The number of hydrogen-bond donors (Lipinski definition) is 1. The van der Waals surface area contributed by atoms with Crippen LogP contribution in [0.4, 0.5) is 0 Å². The molecule has 0 amide bonds. The fraction of sp³-hybridized carbons (Fsp3) is 0.385. The van der Waals surface area contributed by atoms with Crippen molar-refractivity contribution < 1.29 is 9.53 Å². The van der Waals surface area contributed by atoms with Crippen LogP contribution in [0.1, 0.15) is 34.2 Å². The Morgan fingerprint density at radius 1 is 1.45 bits per heavy atom. The Balaban J connectivity index is 2.27. The summed E-state index contributed by atoms with van der Waals surface area (Å²) in [5, 5.41) is 7.84. The first kappa shape index (κ1) is 14.1. The van der Waals surface area contributed by atoms with Crippen LogP contribution < -0.4 is 5.73 Å². The Bertz CT molecular complexity index is 609. The highest BCUT2D eigenvalue weighted by Gasteiger charge is 2.19. The summed E-state index contributed by atoms with van der Waals surface area (Å²) in [6.07, 6.45) is 3.53. The molecule has 2 aromatic rings. The van der Waals surface area contributed by atoms with Gasteiger partial charge >= 0.3 is 5.97 Å². The number of rotatable bonds is 5. The van der Waals surface area contributed by atoms with E-state index in [0.717, 1.165) is 11.1 Å². The van der Waals surface area contributed by atoms with Crippen LogP contribution >= 0.6 is 0 Å². The van der Waals surface area contributed by atoms with Crippen molar-refractivity contribution in [1.82, 2.24) is 20.0 Å². The number of hydrogen-bond acceptors (Lipinski definition) is 6. The van der Waals surface area contributed by atoms with Gasteiger partial charge in [0.2, 0.25) is 0 Å². The van der Waals surface area contributed by atoms with E-state index in [9.17, 15) is 4.79 Å². The minimum absolute atomic E-state index is 0.167. The summed E-state index contributed by atoms with van der Waals surface area (Å²) in [4.78, 5) is 15.9. The Morgan fingerprint density at radius 2 is 2.25 bits per heavy atom. The zero-order valence-electron chi connectivity index (χ0n) is 11.5. The fourth-order valence-electron chi connectivity index (χ4n) is 1.90. The third-order valence-electron chi connectivity index (χ3n) is 2.76. The van der Waals surface area contributed by atoms with E-state index in [1.807, 2.05) is 13.0 Å². The highest BCUT2D eigenvalue weighted by molar-refractivity contribution is 5.88. The summed E-state index contributed by atoms with van der Waals surface area (Å²) < 4.78 is 6.53. The molecular weight excluding hydrogens is 258 g/mol. The van der Waals surface area contributed by atoms with Crippen molar-refractivity contribution in [1.29, 1.82) is 0 Å². The van der Waals surface area contributed by atoms with E-state index in [1.165, 1.54) is 0 Å². The Hall–Kier alpha value is -2.28. The third kappa shape index (κ3) is 3.00. The van der Waals surface area contributed by atoms with Gasteiger partial charge in [0.15, 0.2) is 5.69 Å². The lowest BCUT2D eigenvalue weighted by atomic mass is 10.2. The van der Waals surface area contributed by atoms with Crippen LogP contribution in [0, 0.1) is 6.92 Å². The summed E-state index contributed by atoms with van der Waals surface area (Å²) in [6, 6.07) is 2.00. The molecule has 0 aliphatic heterocycles. The standard InChI is InChI=1S/C13H17N5O2/c1-3-20-13(19)12-11(5-14)18(17-16-12)8-10-4-9(2)6-15-7-10/h4,6-7H,3,5,8,14H2,1-2H3. The van der Waals surface area contributed by atoms with Crippen molar-refractivity contribution in [3.63, 3.8) is 0 Å². The molecule has 0 bridgehead atoms. The van der Waals surface area contributed by atoms with Crippen molar-refractivity contribution >= 4 is 5.97 Å². The van der Waals surface area contributed by atoms with Gasteiger partial charge in [-0.25, -0.2) is 9.48 Å². The van der Waals surface area contributed by atoms with Gasteiger partial charge in [-0.05, 0) is 25.0 Å². The summed E-state index contributed by atoms with van der Waals surface area (Å²) in [5.41, 5.74) is 8.46. The maximum absolute atomic E-state index is 11.7. The van der Waals surface area contributed by atoms with Crippen molar-refractivity contribution in [2.45, 2.75) is 26.9 Å². The second-order valence-corrected chi connectivity index (χ2v) is 4.34. The number of carbonyl (C=O) groups excluding carboxylic acids is 1. The van der Waals surface area contributed by atoms with E-state index in [4.69, 9.17) is 10.5 Å². The average molecular weight is 275 g/mol. The summed E-state index contributed by atoms with van der Waals surface area (Å²) >= 11 is 0. The first-order valence-electron chi connectivity index (χ1n) is 6.35. The van der Waals surface area contributed by atoms with E-state index in [2.05, 4.69) is 15.3 Å². The van der Waals surface area contributed by atoms with Crippen LogP contribution in [0.3, 0.4) is 0 Å². The normalized spacial score (nSPS) is 10.6. The van der Waals surface area contributed by atoms with E-state index in [-0.39, 0.29) is 18.8 Å². The molecule has 2 heterocycles. The van der Waals surface area contributed by atoms with Crippen molar-refractivity contribution in [3.8, 4) is 0 Å². The van der Waals surface area contributed by atoms with Gasteiger partial charge in [-0.3, -0.25) is 4.98 Å². The molecule has 106 valence electrons. The molecule has 20 heavy (non-hydrogen) atoms. The predicted molar refractivity (Wildman–Crippen MR) is 71.9 cm³/mol. The number of aryl methyl sites for hydroxylation is 1. The van der Waals surface area contributed by atoms with Gasteiger partial charge in [0.1, 0.15) is 0 Å². The molecule has 0 saturated heterocycles. The molecule has 2 N–H and O–H groups in total. The maximum Gasteiger partial charge on any atom is 0.360 e. The lowest BCUT2D eigenvalue weighted by Gasteiger charge is -2.06. The number of ether oxygens (including phenoxy) is 1. The van der Waals surface area contributed by atoms with Gasteiger partial charge in [0.05, 0.1) is 18.8 Å². The molecule has 0 aliphatic carbocycles.